The third-order valence-electron chi connectivity index (χ3n) is 4.79. The third-order valence-corrected chi connectivity index (χ3v) is 4.79. The Hall–Kier alpha value is -2.41. The molecule has 0 unspecified atom stereocenters. The zero-order valence-corrected chi connectivity index (χ0v) is 13.5. The monoisotopic (exact) mass is 329 g/mol. The predicted molar refractivity (Wildman–Crippen MR) is 83.6 cm³/mol. The molecule has 0 aromatic carbocycles. The van der Waals surface area contributed by atoms with E-state index in [1.165, 1.54) is 0 Å². The normalized spacial score (nSPS) is 25.7. The Morgan fingerprint density at radius 3 is 3.17 bits per heavy atom. The molecule has 4 heterocycles. The van der Waals surface area contributed by atoms with Crippen molar-refractivity contribution >= 4 is 5.91 Å². The number of pyridine rings is 1. The summed E-state index contributed by atoms with van der Waals surface area (Å²) < 4.78 is 16.6. The summed E-state index contributed by atoms with van der Waals surface area (Å²) >= 11 is 0. The number of ether oxygens (including phenoxy) is 2. The van der Waals surface area contributed by atoms with E-state index in [-0.39, 0.29) is 23.0 Å². The van der Waals surface area contributed by atoms with E-state index in [0.29, 0.717) is 44.5 Å². The minimum Gasteiger partial charge on any atom is -0.477 e. The molecule has 0 bridgehead atoms. The maximum atomic E-state index is 12.6. The molecule has 0 radical (unpaired) electrons. The number of hydrogen-bond acceptors (Lipinski definition) is 6. The molecule has 2 aliphatic heterocycles. The zero-order chi connectivity index (χ0) is 16.6. The topological polar surface area (TPSA) is 77.7 Å². The van der Waals surface area contributed by atoms with Crippen LogP contribution in [0.2, 0.25) is 0 Å². The number of likely N-dealkylation sites (tertiary alicyclic amines) is 1. The van der Waals surface area contributed by atoms with Crippen LogP contribution in [0, 0.1) is 18.3 Å². The van der Waals surface area contributed by atoms with Gasteiger partial charge in [0.15, 0.2) is 0 Å². The van der Waals surface area contributed by atoms with Crippen LogP contribution in [0.5, 0.6) is 5.88 Å². The fourth-order valence-corrected chi connectivity index (χ4v) is 3.46. The highest BCUT2D eigenvalue weighted by Crippen LogP contribution is 2.42. The predicted octanol–water partition coefficient (Wildman–Crippen LogP) is 1.55. The Labute approximate surface area is 139 Å². The van der Waals surface area contributed by atoms with Gasteiger partial charge in [-0.3, -0.25) is 4.79 Å². The lowest BCUT2D eigenvalue weighted by molar-refractivity contribution is 0.0622. The lowest BCUT2D eigenvalue weighted by Gasteiger charge is -2.26. The van der Waals surface area contributed by atoms with Gasteiger partial charge in [-0.2, -0.15) is 0 Å². The highest BCUT2D eigenvalue weighted by molar-refractivity contribution is 5.91. The van der Waals surface area contributed by atoms with Crippen molar-refractivity contribution in [2.45, 2.75) is 6.92 Å². The summed E-state index contributed by atoms with van der Waals surface area (Å²) in [7, 11) is 0. The maximum Gasteiger partial charge on any atom is 0.292 e. The number of rotatable bonds is 4. The summed E-state index contributed by atoms with van der Waals surface area (Å²) in [4.78, 5) is 18.6. The molecule has 2 fully saturated rings. The molecule has 7 nitrogen and oxygen atoms in total. The van der Waals surface area contributed by atoms with Crippen molar-refractivity contribution in [2.75, 3.05) is 32.9 Å². The van der Waals surface area contributed by atoms with Gasteiger partial charge in [0.05, 0.1) is 30.9 Å². The zero-order valence-electron chi connectivity index (χ0n) is 13.5. The van der Waals surface area contributed by atoms with E-state index in [1.807, 2.05) is 23.1 Å². The average Bonchev–Trinajstić information content (AvgIpc) is 3.27. The number of carbonyl (C=O) groups is 1. The third kappa shape index (κ3) is 2.65. The van der Waals surface area contributed by atoms with Crippen LogP contribution in [-0.4, -0.2) is 53.9 Å². The van der Waals surface area contributed by atoms with Gasteiger partial charge in [0.25, 0.3) is 5.91 Å². The van der Waals surface area contributed by atoms with Crippen LogP contribution in [0.4, 0.5) is 0 Å². The van der Waals surface area contributed by atoms with Crippen LogP contribution in [0.1, 0.15) is 16.2 Å². The molecule has 0 saturated carbocycles. The first-order chi connectivity index (χ1) is 11.7. The summed E-state index contributed by atoms with van der Waals surface area (Å²) in [6.07, 6.45) is 1.70. The van der Waals surface area contributed by atoms with E-state index in [2.05, 4.69) is 10.1 Å². The van der Waals surface area contributed by atoms with Crippen LogP contribution in [0.15, 0.2) is 35.0 Å². The summed E-state index contributed by atoms with van der Waals surface area (Å²) in [6, 6.07) is 7.24. The lowest BCUT2D eigenvalue weighted by atomic mass is 9.82. The molecule has 7 heteroatoms. The first kappa shape index (κ1) is 15.1. The second kappa shape index (κ2) is 5.90. The Morgan fingerprint density at radius 1 is 1.50 bits per heavy atom. The van der Waals surface area contributed by atoms with Gasteiger partial charge < -0.3 is 18.9 Å². The summed E-state index contributed by atoms with van der Waals surface area (Å²) in [5.41, 5.74) is 0.511. The van der Waals surface area contributed by atoms with Gasteiger partial charge in [-0.15, -0.1) is 0 Å². The van der Waals surface area contributed by atoms with Gasteiger partial charge in [0.1, 0.15) is 0 Å². The minimum absolute atomic E-state index is 0.123. The van der Waals surface area contributed by atoms with Crippen molar-refractivity contribution in [1.29, 1.82) is 0 Å². The maximum absolute atomic E-state index is 12.6. The van der Waals surface area contributed by atoms with Crippen molar-refractivity contribution in [1.82, 2.24) is 15.0 Å². The smallest absolute Gasteiger partial charge is 0.292 e. The van der Waals surface area contributed by atoms with Gasteiger partial charge >= 0.3 is 0 Å². The number of aromatic nitrogens is 2. The van der Waals surface area contributed by atoms with Crippen molar-refractivity contribution in [3.8, 4) is 5.88 Å². The minimum atomic E-state index is -0.192. The Morgan fingerprint density at radius 2 is 2.42 bits per heavy atom. The lowest BCUT2D eigenvalue weighted by Crippen LogP contribution is -2.38. The van der Waals surface area contributed by atoms with Crippen molar-refractivity contribution < 1.29 is 18.8 Å². The molecule has 1 amide bonds. The highest BCUT2D eigenvalue weighted by Gasteiger charge is 2.53. The number of aryl methyl sites for hydroxylation is 1. The Balaban J connectivity index is 1.47. The number of fused-ring (bicyclic) bond motifs is 1. The van der Waals surface area contributed by atoms with Crippen LogP contribution in [0.25, 0.3) is 0 Å². The van der Waals surface area contributed by atoms with E-state index < -0.39 is 0 Å². The number of amides is 1. The molecule has 2 saturated heterocycles. The average molecular weight is 329 g/mol. The Bertz CT molecular complexity index is 732. The standard InChI is InChI=1S/C17H19N3O4/c1-12-6-14(24-19-12)16(21)20-7-13-8-22-10-17(13,9-20)11-23-15-4-2-3-5-18-15/h2-6,13H,7-11H2,1H3/t13-,17+/m1/s1. The van der Waals surface area contributed by atoms with Crippen molar-refractivity contribution in [2.24, 2.45) is 11.3 Å². The molecule has 0 aliphatic carbocycles. The van der Waals surface area contributed by atoms with Crippen LogP contribution in [-0.2, 0) is 4.74 Å². The van der Waals surface area contributed by atoms with E-state index >= 15 is 0 Å². The second-order valence-corrected chi connectivity index (χ2v) is 6.55. The van der Waals surface area contributed by atoms with Crippen LogP contribution < -0.4 is 4.74 Å². The fraction of sp³-hybridized carbons (Fsp3) is 0.471. The highest BCUT2D eigenvalue weighted by atomic mass is 16.5. The van der Waals surface area contributed by atoms with E-state index in [9.17, 15) is 4.79 Å². The molecule has 0 spiro atoms. The SMILES string of the molecule is Cc1cc(C(=O)N2C[C@@H]3COC[C@]3(COc3ccccn3)C2)on1. The number of nitrogens with zero attached hydrogens (tertiary/aromatic N) is 3. The Kier molecular flexibility index (Phi) is 3.72. The quantitative estimate of drug-likeness (QED) is 0.847. The van der Waals surface area contributed by atoms with Gasteiger partial charge in [-0.25, -0.2) is 4.98 Å². The molecule has 2 aromatic heterocycles. The molecule has 24 heavy (non-hydrogen) atoms. The van der Waals surface area contributed by atoms with E-state index in [4.69, 9.17) is 14.0 Å². The summed E-state index contributed by atoms with van der Waals surface area (Å²) in [5, 5.41) is 3.79. The fourth-order valence-electron chi connectivity index (χ4n) is 3.46. The van der Waals surface area contributed by atoms with Crippen molar-refractivity contribution in [3.63, 3.8) is 0 Å². The summed E-state index contributed by atoms with van der Waals surface area (Å²) in [6.45, 7) is 4.74. The molecule has 4 rings (SSSR count). The van der Waals surface area contributed by atoms with Crippen LogP contribution in [0.3, 0.4) is 0 Å². The second-order valence-electron chi connectivity index (χ2n) is 6.55. The van der Waals surface area contributed by atoms with Gasteiger partial charge in [-0.1, -0.05) is 11.2 Å². The van der Waals surface area contributed by atoms with Gasteiger partial charge in [-0.05, 0) is 13.0 Å². The summed E-state index contributed by atoms with van der Waals surface area (Å²) in [5.74, 6) is 1.01. The first-order valence-corrected chi connectivity index (χ1v) is 8.00. The number of hydrogen-bond donors (Lipinski definition) is 0. The van der Waals surface area contributed by atoms with Gasteiger partial charge in [0.2, 0.25) is 11.6 Å². The van der Waals surface area contributed by atoms with E-state index in [1.54, 1.807) is 19.2 Å². The molecule has 2 atom stereocenters. The van der Waals surface area contributed by atoms with Crippen molar-refractivity contribution in [3.05, 3.63) is 41.9 Å². The van der Waals surface area contributed by atoms with Crippen LogP contribution >= 0.6 is 0 Å². The molecule has 2 aromatic rings. The molecular weight excluding hydrogens is 310 g/mol. The molecule has 126 valence electrons. The van der Waals surface area contributed by atoms with E-state index in [0.717, 1.165) is 0 Å². The molecule has 0 N–H and O–H groups in total. The molecular formula is C17H19N3O4. The number of carbonyl (C=O) groups excluding carboxylic acids is 1. The first-order valence-electron chi connectivity index (χ1n) is 8.00. The van der Waals surface area contributed by atoms with Gasteiger partial charge in [0, 0.05) is 37.3 Å². The largest absolute Gasteiger partial charge is 0.477 e. The molecule has 2 aliphatic rings.